The Kier molecular flexibility index (Phi) is 5.08. The molecule has 2 aromatic rings. The van der Waals surface area contributed by atoms with Crippen LogP contribution in [0, 0.1) is 11.8 Å². The first kappa shape index (κ1) is 14.8. The van der Waals surface area contributed by atoms with Gasteiger partial charge in [0.1, 0.15) is 0 Å². The maximum atomic E-state index is 12.2. The number of nitrogens with zero attached hydrogens (tertiary/aromatic N) is 1. The van der Waals surface area contributed by atoms with Crippen LogP contribution in [0.4, 0.5) is 0 Å². The number of benzene rings is 1. The van der Waals surface area contributed by atoms with E-state index in [4.69, 9.17) is 5.73 Å². The average molecular weight is 279 g/mol. The molecule has 0 fully saturated rings. The van der Waals surface area contributed by atoms with Crippen molar-refractivity contribution in [3.8, 4) is 11.8 Å². The number of rotatable bonds is 3. The van der Waals surface area contributed by atoms with E-state index in [1.165, 1.54) is 0 Å². The van der Waals surface area contributed by atoms with Gasteiger partial charge in [-0.2, -0.15) is 0 Å². The minimum Gasteiger partial charge on any atom is -0.344 e. The second-order valence-electron chi connectivity index (χ2n) is 4.54. The van der Waals surface area contributed by atoms with Gasteiger partial charge in [-0.15, -0.1) is 0 Å². The normalized spacial score (nSPS) is 11.1. The fraction of sp³-hybridized carbons (Fsp3) is 0.176. The van der Waals surface area contributed by atoms with Crippen molar-refractivity contribution in [1.82, 2.24) is 10.3 Å². The number of nitrogens with two attached hydrogens (primary N) is 1. The fourth-order valence-corrected chi connectivity index (χ4v) is 1.88. The Morgan fingerprint density at radius 2 is 2.19 bits per heavy atom. The SMILES string of the molecule is CC(NC(=O)c1cccc(C#CCN)c1)c1ccccn1. The lowest BCUT2D eigenvalue weighted by Crippen LogP contribution is -2.27. The van der Waals surface area contributed by atoms with E-state index in [1.807, 2.05) is 31.2 Å². The molecule has 1 amide bonds. The van der Waals surface area contributed by atoms with E-state index in [1.54, 1.807) is 24.4 Å². The summed E-state index contributed by atoms with van der Waals surface area (Å²) < 4.78 is 0. The lowest BCUT2D eigenvalue weighted by Gasteiger charge is -2.13. The van der Waals surface area contributed by atoms with Crippen LogP contribution in [0.15, 0.2) is 48.7 Å². The van der Waals surface area contributed by atoms with Gasteiger partial charge in [0.05, 0.1) is 18.3 Å². The Hall–Kier alpha value is -2.64. The average Bonchev–Trinajstić information content (AvgIpc) is 2.54. The standard InChI is InChI=1S/C17H17N3O/c1-13(16-9-2-3-11-19-16)20-17(21)15-8-4-6-14(12-15)7-5-10-18/h2-4,6,8-9,11-13H,10,18H2,1H3,(H,20,21). The Morgan fingerprint density at radius 1 is 1.33 bits per heavy atom. The molecule has 0 saturated heterocycles. The maximum absolute atomic E-state index is 12.2. The summed E-state index contributed by atoms with van der Waals surface area (Å²) >= 11 is 0. The van der Waals surface area contributed by atoms with E-state index in [9.17, 15) is 4.79 Å². The van der Waals surface area contributed by atoms with Crippen molar-refractivity contribution in [1.29, 1.82) is 0 Å². The highest BCUT2D eigenvalue weighted by Crippen LogP contribution is 2.10. The number of carbonyl (C=O) groups is 1. The number of aromatic nitrogens is 1. The topological polar surface area (TPSA) is 68.0 Å². The molecule has 0 radical (unpaired) electrons. The van der Waals surface area contributed by atoms with Crippen molar-refractivity contribution in [2.45, 2.75) is 13.0 Å². The third-order valence-electron chi connectivity index (χ3n) is 2.94. The fourth-order valence-electron chi connectivity index (χ4n) is 1.88. The lowest BCUT2D eigenvalue weighted by molar-refractivity contribution is 0.0939. The molecule has 3 N–H and O–H groups in total. The number of amides is 1. The summed E-state index contributed by atoms with van der Waals surface area (Å²) in [7, 11) is 0. The van der Waals surface area contributed by atoms with Gasteiger partial charge in [-0.25, -0.2) is 0 Å². The largest absolute Gasteiger partial charge is 0.344 e. The summed E-state index contributed by atoms with van der Waals surface area (Å²) in [4.78, 5) is 16.5. The highest BCUT2D eigenvalue weighted by molar-refractivity contribution is 5.94. The summed E-state index contributed by atoms with van der Waals surface area (Å²) in [5, 5.41) is 2.92. The smallest absolute Gasteiger partial charge is 0.251 e. The molecule has 4 nitrogen and oxygen atoms in total. The number of hydrogen-bond acceptors (Lipinski definition) is 3. The molecule has 1 aromatic heterocycles. The second kappa shape index (κ2) is 7.22. The first-order valence-electron chi connectivity index (χ1n) is 6.71. The number of pyridine rings is 1. The molecule has 1 atom stereocenters. The molecule has 0 aliphatic carbocycles. The number of carbonyl (C=O) groups excluding carboxylic acids is 1. The first-order chi connectivity index (χ1) is 10.2. The van der Waals surface area contributed by atoms with Gasteiger partial charge in [0.15, 0.2) is 0 Å². The van der Waals surface area contributed by atoms with Gasteiger partial charge < -0.3 is 11.1 Å². The molecule has 1 aromatic carbocycles. The molecule has 1 heterocycles. The van der Waals surface area contributed by atoms with Gasteiger partial charge in [-0.1, -0.05) is 24.0 Å². The van der Waals surface area contributed by atoms with Crippen LogP contribution >= 0.6 is 0 Å². The minimum atomic E-state index is -0.155. The maximum Gasteiger partial charge on any atom is 0.251 e. The monoisotopic (exact) mass is 279 g/mol. The van der Waals surface area contributed by atoms with Gasteiger partial charge in [0, 0.05) is 17.3 Å². The van der Waals surface area contributed by atoms with E-state index < -0.39 is 0 Å². The van der Waals surface area contributed by atoms with Crippen molar-refractivity contribution in [3.05, 3.63) is 65.5 Å². The summed E-state index contributed by atoms with van der Waals surface area (Å²) in [6.07, 6.45) is 1.71. The van der Waals surface area contributed by atoms with Crippen molar-refractivity contribution >= 4 is 5.91 Å². The molecular formula is C17H17N3O. The first-order valence-corrected chi connectivity index (χ1v) is 6.71. The third-order valence-corrected chi connectivity index (χ3v) is 2.94. The van der Waals surface area contributed by atoms with E-state index in [-0.39, 0.29) is 11.9 Å². The van der Waals surface area contributed by atoms with Gasteiger partial charge >= 0.3 is 0 Å². The minimum absolute atomic E-state index is 0.149. The molecular weight excluding hydrogens is 262 g/mol. The quantitative estimate of drug-likeness (QED) is 0.843. The van der Waals surface area contributed by atoms with E-state index in [2.05, 4.69) is 22.1 Å². The van der Waals surface area contributed by atoms with Crippen LogP contribution in [0.5, 0.6) is 0 Å². The summed E-state index contributed by atoms with van der Waals surface area (Å²) in [5.41, 5.74) is 7.52. The van der Waals surface area contributed by atoms with E-state index in [0.717, 1.165) is 11.3 Å². The second-order valence-corrected chi connectivity index (χ2v) is 4.54. The Balaban J connectivity index is 2.10. The summed E-state index contributed by atoms with van der Waals surface area (Å²) in [5.74, 6) is 5.54. The molecule has 4 heteroatoms. The highest BCUT2D eigenvalue weighted by atomic mass is 16.1. The lowest BCUT2D eigenvalue weighted by atomic mass is 10.1. The van der Waals surface area contributed by atoms with Crippen LogP contribution in [0.2, 0.25) is 0 Å². The zero-order valence-electron chi connectivity index (χ0n) is 11.8. The molecule has 106 valence electrons. The predicted molar refractivity (Wildman–Crippen MR) is 82.5 cm³/mol. The molecule has 0 bridgehead atoms. The molecule has 21 heavy (non-hydrogen) atoms. The molecule has 1 unspecified atom stereocenters. The van der Waals surface area contributed by atoms with Crippen LogP contribution < -0.4 is 11.1 Å². The summed E-state index contributed by atoms with van der Waals surface area (Å²) in [6.45, 7) is 2.20. The van der Waals surface area contributed by atoms with Gasteiger partial charge in [-0.05, 0) is 37.3 Å². The zero-order chi connectivity index (χ0) is 15.1. The van der Waals surface area contributed by atoms with Gasteiger partial charge in [0.25, 0.3) is 5.91 Å². The Bertz CT molecular complexity index is 671. The molecule has 0 saturated carbocycles. The third kappa shape index (κ3) is 4.16. The number of hydrogen-bond donors (Lipinski definition) is 2. The zero-order valence-corrected chi connectivity index (χ0v) is 11.8. The van der Waals surface area contributed by atoms with Gasteiger partial charge in [0.2, 0.25) is 0 Å². The molecule has 0 spiro atoms. The Morgan fingerprint density at radius 3 is 2.90 bits per heavy atom. The van der Waals surface area contributed by atoms with Crippen molar-refractivity contribution in [2.75, 3.05) is 6.54 Å². The van der Waals surface area contributed by atoms with E-state index >= 15 is 0 Å². The van der Waals surface area contributed by atoms with Crippen LogP contribution in [0.25, 0.3) is 0 Å². The van der Waals surface area contributed by atoms with Crippen LogP contribution in [0.1, 0.15) is 34.6 Å². The van der Waals surface area contributed by atoms with Gasteiger partial charge in [-0.3, -0.25) is 9.78 Å². The highest BCUT2D eigenvalue weighted by Gasteiger charge is 2.12. The molecule has 0 aliphatic heterocycles. The number of nitrogens with one attached hydrogen (secondary N) is 1. The van der Waals surface area contributed by atoms with Crippen molar-refractivity contribution < 1.29 is 4.79 Å². The van der Waals surface area contributed by atoms with Crippen LogP contribution in [-0.4, -0.2) is 17.4 Å². The van der Waals surface area contributed by atoms with E-state index in [0.29, 0.717) is 12.1 Å². The predicted octanol–water partition coefficient (Wildman–Crippen LogP) is 1.88. The van der Waals surface area contributed by atoms with Crippen LogP contribution in [-0.2, 0) is 0 Å². The van der Waals surface area contributed by atoms with Crippen LogP contribution in [0.3, 0.4) is 0 Å². The Labute approximate surface area is 124 Å². The summed E-state index contributed by atoms with van der Waals surface area (Å²) in [6, 6.07) is 12.6. The molecule has 0 aliphatic rings. The molecule has 2 rings (SSSR count). The van der Waals surface area contributed by atoms with Crippen molar-refractivity contribution in [3.63, 3.8) is 0 Å². The van der Waals surface area contributed by atoms with Crippen molar-refractivity contribution in [2.24, 2.45) is 5.73 Å².